The number of hydrogen-bond donors (Lipinski definition) is 4. The summed E-state index contributed by atoms with van der Waals surface area (Å²) in [5, 5.41) is 16.1. The Bertz CT molecular complexity index is 1210. The van der Waals surface area contributed by atoms with E-state index in [1.54, 1.807) is 11.3 Å². The number of unbranched alkanes of at least 4 members (excludes halogenated alkanes) is 3. The first-order valence-corrected chi connectivity index (χ1v) is 15.2. The first-order chi connectivity index (χ1) is 19.4. The Hall–Kier alpha value is -2.44. The van der Waals surface area contributed by atoms with Gasteiger partial charge in [-0.3, -0.25) is 14.4 Å². The van der Waals surface area contributed by atoms with Crippen molar-refractivity contribution in [2.24, 2.45) is 11.1 Å². The molecule has 1 aromatic carbocycles. The van der Waals surface area contributed by atoms with E-state index in [-0.39, 0.29) is 62.0 Å². The number of rotatable bonds is 13. The molecule has 242 valence electrons. The molecular weight excluding hydrogens is 613 g/mol. The molecule has 2 heterocycles. The molecule has 0 radical (unpaired) electrons. The second-order valence-corrected chi connectivity index (χ2v) is 12.6. The Balaban J connectivity index is 0.00000462. The number of aliphatic hydroxyl groups is 1. The minimum absolute atomic E-state index is 0. The molecule has 3 atom stereocenters. The van der Waals surface area contributed by atoms with Gasteiger partial charge in [0.05, 0.1) is 28.8 Å². The van der Waals surface area contributed by atoms with E-state index in [4.69, 9.17) is 10.5 Å². The molecule has 0 saturated carbocycles. The summed E-state index contributed by atoms with van der Waals surface area (Å²) in [7, 11) is 0. The average Bonchev–Trinajstić information content (AvgIpc) is 3.52. The highest BCUT2D eigenvalue weighted by atomic mass is 35.5. The van der Waals surface area contributed by atoms with Gasteiger partial charge in [0, 0.05) is 32.0 Å². The van der Waals surface area contributed by atoms with Crippen LogP contribution in [0.15, 0.2) is 23.7 Å². The second kappa shape index (κ2) is 17.8. The van der Waals surface area contributed by atoms with E-state index in [2.05, 4.69) is 15.6 Å². The molecule has 1 aromatic heterocycles. The van der Waals surface area contributed by atoms with Crippen LogP contribution in [0.2, 0.25) is 0 Å². The number of benzene rings is 1. The van der Waals surface area contributed by atoms with Crippen molar-refractivity contribution in [2.45, 2.75) is 91.5 Å². The normalized spacial score (nSPS) is 17.0. The van der Waals surface area contributed by atoms with Gasteiger partial charge in [0.15, 0.2) is 0 Å². The highest BCUT2D eigenvalue weighted by Gasteiger charge is 2.44. The molecule has 0 spiro atoms. The number of thiazole rings is 1. The summed E-state index contributed by atoms with van der Waals surface area (Å²) < 4.78 is 6.19. The minimum Gasteiger partial charge on any atom is -0.493 e. The standard InChI is InChI=1S/C30H45N5O5S.2ClH/c1-19-26(41-18-33-19)21-10-11-22(25(14-21)40-13-9-7-6-8-12-31)16-32-28(38)24-15-23(37)17-35(24)29(39)27(30(3,4)5)34-20(2)36;;/h10-11,14,18,23-24,27,37H,6-9,12-13,15-17,31H2,1-5H3,(H,32,38)(H,34,36);2*1H. The number of aryl methyl sites for hydroxylation is 1. The SMILES string of the molecule is CC(=O)NC(C(=O)N1CC(O)CC1C(=O)NCc1ccc(-c2scnc2C)cc1OCCCCCCN)C(C)(C)C.Cl.Cl. The van der Waals surface area contributed by atoms with E-state index in [0.717, 1.165) is 47.4 Å². The number of ether oxygens (including phenoxy) is 1. The Morgan fingerprint density at radius 1 is 1.19 bits per heavy atom. The molecule has 3 amide bonds. The van der Waals surface area contributed by atoms with E-state index < -0.39 is 23.6 Å². The van der Waals surface area contributed by atoms with Crippen molar-refractivity contribution >= 4 is 53.9 Å². The fraction of sp³-hybridized carbons (Fsp3) is 0.600. The first-order valence-electron chi connectivity index (χ1n) is 14.3. The summed E-state index contributed by atoms with van der Waals surface area (Å²) in [6.45, 7) is 10.3. The van der Waals surface area contributed by atoms with Crippen LogP contribution in [0.5, 0.6) is 5.75 Å². The predicted molar refractivity (Wildman–Crippen MR) is 175 cm³/mol. The topological polar surface area (TPSA) is 147 Å². The van der Waals surface area contributed by atoms with Crippen molar-refractivity contribution in [3.05, 3.63) is 35.0 Å². The Morgan fingerprint density at radius 2 is 1.88 bits per heavy atom. The number of halogens is 2. The number of β-amino-alcohol motifs (C(OH)–C–C–N with tert-alkyl or cyclic N) is 1. The largest absolute Gasteiger partial charge is 0.493 e. The molecule has 10 nitrogen and oxygen atoms in total. The molecule has 0 aliphatic carbocycles. The Kier molecular flexibility index (Phi) is 15.9. The van der Waals surface area contributed by atoms with Crippen molar-refractivity contribution in [2.75, 3.05) is 19.7 Å². The molecular formula is C30H47Cl2N5O5S. The molecule has 1 aliphatic rings. The third-order valence-corrected chi connectivity index (χ3v) is 8.19. The number of hydrogen-bond acceptors (Lipinski definition) is 8. The van der Waals surface area contributed by atoms with Crippen LogP contribution >= 0.6 is 36.2 Å². The van der Waals surface area contributed by atoms with E-state index in [1.807, 2.05) is 51.4 Å². The maximum atomic E-state index is 13.5. The zero-order valence-electron chi connectivity index (χ0n) is 25.7. The lowest BCUT2D eigenvalue weighted by atomic mass is 9.85. The molecule has 43 heavy (non-hydrogen) atoms. The zero-order chi connectivity index (χ0) is 30.2. The summed E-state index contributed by atoms with van der Waals surface area (Å²) in [6.07, 6.45) is 3.28. The van der Waals surface area contributed by atoms with Crippen LogP contribution in [0.1, 0.15) is 71.1 Å². The van der Waals surface area contributed by atoms with Gasteiger partial charge in [-0.1, -0.05) is 45.7 Å². The third-order valence-electron chi connectivity index (χ3n) is 7.21. The molecule has 3 unspecified atom stereocenters. The number of aromatic nitrogens is 1. The molecule has 1 fully saturated rings. The molecule has 13 heteroatoms. The lowest BCUT2D eigenvalue weighted by molar-refractivity contribution is -0.143. The summed E-state index contributed by atoms with van der Waals surface area (Å²) in [4.78, 5) is 45.5. The van der Waals surface area contributed by atoms with E-state index >= 15 is 0 Å². The summed E-state index contributed by atoms with van der Waals surface area (Å²) >= 11 is 1.56. The highest BCUT2D eigenvalue weighted by molar-refractivity contribution is 7.13. The Labute approximate surface area is 271 Å². The number of likely N-dealkylation sites (tertiary alicyclic amines) is 1. The van der Waals surface area contributed by atoms with Gasteiger partial charge in [-0.05, 0) is 43.4 Å². The summed E-state index contributed by atoms with van der Waals surface area (Å²) in [5.74, 6) is -0.386. The van der Waals surface area contributed by atoms with Crippen LogP contribution in [0.3, 0.4) is 0 Å². The third kappa shape index (κ3) is 10.9. The lowest BCUT2D eigenvalue weighted by Gasteiger charge is -2.35. The number of nitrogens with zero attached hydrogens (tertiary/aromatic N) is 2. The number of carbonyl (C=O) groups is 3. The van der Waals surface area contributed by atoms with Crippen LogP contribution in [0.25, 0.3) is 10.4 Å². The maximum absolute atomic E-state index is 13.5. The number of amides is 3. The zero-order valence-corrected chi connectivity index (χ0v) is 28.1. The predicted octanol–water partition coefficient (Wildman–Crippen LogP) is 3.99. The smallest absolute Gasteiger partial charge is 0.246 e. The number of nitrogens with two attached hydrogens (primary N) is 1. The molecule has 1 aliphatic heterocycles. The first kappa shape index (κ1) is 38.6. The van der Waals surface area contributed by atoms with Crippen molar-refractivity contribution in [3.8, 4) is 16.2 Å². The van der Waals surface area contributed by atoms with Crippen LogP contribution in [0, 0.1) is 12.3 Å². The van der Waals surface area contributed by atoms with E-state index in [1.165, 1.54) is 11.8 Å². The van der Waals surface area contributed by atoms with Crippen molar-refractivity contribution in [1.82, 2.24) is 20.5 Å². The van der Waals surface area contributed by atoms with Crippen LogP contribution in [-0.2, 0) is 20.9 Å². The number of aliphatic hydroxyl groups excluding tert-OH is 1. The van der Waals surface area contributed by atoms with Gasteiger partial charge in [-0.2, -0.15) is 0 Å². The molecule has 2 aromatic rings. The molecule has 3 rings (SSSR count). The number of carbonyl (C=O) groups excluding carboxylic acids is 3. The quantitative estimate of drug-likeness (QED) is 0.238. The van der Waals surface area contributed by atoms with Gasteiger partial charge in [-0.25, -0.2) is 4.98 Å². The fourth-order valence-corrected chi connectivity index (χ4v) is 5.76. The van der Waals surface area contributed by atoms with Crippen molar-refractivity contribution in [3.63, 3.8) is 0 Å². The average molecular weight is 661 g/mol. The summed E-state index contributed by atoms with van der Waals surface area (Å²) in [5.41, 5.74) is 9.59. The van der Waals surface area contributed by atoms with E-state index in [0.29, 0.717) is 18.9 Å². The van der Waals surface area contributed by atoms with Gasteiger partial charge in [0.2, 0.25) is 17.7 Å². The van der Waals surface area contributed by atoms with E-state index in [9.17, 15) is 19.5 Å². The van der Waals surface area contributed by atoms with Gasteiger partial charge in [0.25, 0.3) is 0 Å². The van der Waals surface area contributed by atoms with Gasteiger partial charge < -0.3 is 31.1 Å². The highest BCUT2D eigenvalue weighted by Crippen LogP contribution is 2.32. The van der Waals surface area contributed by atoms with Gasteiger partial charge >= 0.3 is 0 Å². The summed E-state index contributed by atoms with van der Waals surface area (Å²) in [6, 6.07) is 4.25. The van der Waals surface area contributed by atoms with Crippen LogP contribution < -0.4 is 21.1 Å². The number of nitrogens with one attached hydrogen (secondary N) is 2. The fourth-order valence-electron chi connectivity index (χ4n) is 4.96. The van der Waals surface area contributed by atoms with Crippen LogP contribution in [0.4, 0.5) is 0 Å². The van der Waals surface area contributed by atoms with Crippen molar-refractivity contribution in [1.29, 1.82) is 0 Å². The van der Waals surface area contributed by atoms with Crippen molar-refractivity contribution < 1.29 is 24.2 Å². The minimum atomic E-state index is -0.845. The molecule has 0 bridgehead atoms. The van der Waals surface area contributed by atoms with Crippen LogP contribution in [-0.4, -0.2) is 70.6 Å². The Morgan fingerprint density at radius 3 is 2.49 bits per heavy atom. The van der Waals surface area contributed by atoms with Gasteiger partial charge in [-0.15, -0.1) is 36.2 Å². The molecule has 5 N–H and O–H groups in total. The maximum Gasteiger partial charge on any atom is 0.246 e. The second-order valence-electron chi connectivity index (χ2n) is 11.8. The molecule has 1 saturated heterocycles. The monoisotopic (exact) mass is 659 g/mol. The lowest BCUT2D eigenvalue weighted by Crippen LogP contribution is -2.57. The van der Waals surface area contributed by atoms with Gasteiger partial charge in [0.1, 0.15) is 17.8 Å².